The van der Waals surface area contributed by atoms with E-state index in [0.717, 1.165) is 22.3 Å². The van der Waals surface area contributed by atoms with E-state index in [1.807, 2.05) is 43.3 Å². The fourth-order valence-electron chi connectivity index (χ4n) is 5.46. The number of fused-ring (bicyclic) bond motifs is 2. The molecule has 0 spiro atoms. The van der Waals surface area contributed by atoms with Crippen LogP contribution in [-0.4, -0.2) is 61.7 Å². The Hall–Kier alpha value is -4.04. The number of rotatable bonds is 6. The third kappa shape index (κ3) is 5.43. The molecule has 0 aliphatic heterocycles. The zero-order chi connectivity index (χ0) is 28.5. The summed E-state index contributed by atoms with van der Waals surface area (Å²) >= 11 is 0. The van der Waals surface area contributed by atoms with Crippen LogP contribution in [0.5, 0.6) is 0 Å². The molecule has 1 aliphatic rings. The maximum absolute atomic E-state index is 13.6. The van der Waals surface area contributed by atoms with Crippen LogP contribution in [0.15, 0.2) is 65.7 Å². The summed E-state index contributed by atoms with van der Waals surface area (Å²) in [5, 5.41) is 0. The van der Waals surface area contributed by atoms with E-state index in [0.29, 0.717) is 41.9 Å². The maximum atomic E-state index is 13.6. The number of amides is 2. The molecule has 3 aromatic carbocycles. The van der Waals surface area contributed by atoms with Gasteiger partial charge in [-0.1, -0.05) is 12.1 Å². The SMILES string of the molecule is C[C@H](N)CC1(C(N)=Nc2ccc(F)cc2)c2ccc(C(=O)N(C)C)cc2CCc2cc(C(=O)N(C)C)ccc21. The third-order valence-electron chi connectivity index (χ3n) is 7.24. The third-order valence-corrected chi connectivity index (χ3v) is 7.24. The monoisotopic (exact) mass is 529 g/mol. The van der Waals surface area contributed by atoms with E-state index in [9.17, 15) is 14.0 Å². The van der Waals surface area contributed by atoms with Gasteiger partial charge in [-0.2, -0.15) is 0 Å². The topological polar surface area (TPSA) is 105 Å². The average molecular weight is 530 g/mol. The van der Waals surface area contributed by atoms with Gasteiger partial charge in [-0.25, -0.2) is 9.38 Å². The second-order valence-electron chi connectivity index (χ2n) is 10.7. The standard InChI is InChI=1S/C31H36FN5O2/c1-19(33)18-31(30(34)35-25-12-10-24(32)11-13-25)26-14-8-22(28(38)36(2)3)16-20(26)6-7-21-17-23(9-15-27(21)31)29(39)37(4)5/h8-17,19H,6-7,18,33H2,1-5H3,(H2,34,35)/t19-/m0/s1. The van der Waals surface area contributed by atoms with Crippen LogP contribution in [0.3, 0.4) is 0 Å². The second kappa shape index (κ2) is 11.0. The van der Waals surface area contributed by atoms with E-state index >= 15 is 0 Å². The summed E-state index contributed by atoms with van der Waals surface area (Å²) in [5.41, 5.74) is 17.9. The highest BCUT2D eigenvalue weighted by molar-refractivity contribution is 6.00. The molecule has 0 fully saturated rings. The summed E-state index contributed by atoms with van der Waals surface area (Å²) < 4.78 is 13.6. The van der Waals surface area contributed by atoms with Crippen molar-refractivity contribution in [1.82, 2.24) is 9.80 Å². The minimum Gasteiger partial charge on any atom is -0.386 e. The quantitative estimate of drug-likeness (QED) is 0.371. The Morgan fingerprint density at radius 3 is 1.74 bits per heavy atom. The van der Waals surface area contributed by atoms with E-state index in [2.05, 4.69) is 0 Å². The first-order valence-corrected chi connectivity index (χ1v) is 13.0. The van der Waals surface area contributed by atoms with Crippen LogP contribution in [-0.2, 0) is 18.3 Å². The van der Waals surface area contributed by atoms with E-state index in [-0.39, 0.29) is 23.7 Å². The van der Waals surface area contributed by atoms with Crippen molar-refractivity contribution in [3.8, 4) is 0 Å². The molecule has 4 N–H and O–H groups in total. The Morgan fingerprint density at radius 2 is 1.33 bits per heavy atom. The molecule has 0 saturated heterocycles. The van der Waals surface area contributed by atoms with Gasteiger partial charge in [-0.05, 0) is 97.0 Å². The van der Waals surface area contributed by atoms with Crippen LogP contribution in [0.1, 0.15) is 56.3 Å². The lowest BCUT2D eigenvalue weighted by Crippen LogP contribution is -2.46. The highest BCUT2D eigenvalue weighted by Gasteiger charge is 2.44. The first kappa shape index (κ1) is 28.0. The number of hydrogen-bond donors (Lipinski definition) is 2. The summed E-state index contributed by atoms with van der Waals surface area (Å²) in [4.78, 5) is 33.6. The van der Waals surface area contributed by atoms with Gasteiger partial charge in [-0.15, -0.1) is 0 Å². The van der Waals surface area contributed by atoms with Crippen molar-refractivity contribution in [3.05, 3.63) is 99.9 Å². The first-order valence-electron chi connectivity index (χ1n) is 13.0. The van der Waals surface area contributed by atoms with Gasteiger partial charge in [0.2, 0.25) is 0 Å². The molecule has 2 amide bonds. The zero-order valence-corrected chi connectivity index (χ0v) is 23.2. The van der Waals surface area contributed by atoms with Gasteiger partial charge in [0.25, 0.3) is 11.8 Å². The fourth-order valence-corrected chi connectivity index (χ4v) is 5.46. The Morgan fingerprint density at radius 1 is 0.872 bits per heavy atom. The molecule has 0 aromatic heterocycles. The molecule has 0 unspecified atom stereocenters. The minimum absolute atomic E-state index is 0.0934. The number of amidine groups is 1. The molecule has 0 saturated carbocycles. The summed E-state index contributed by atoms with van der Waals surface area (Å²) in [6.45, 7) is 1.92. The Bertz CT molecular complexity index is 1360. The highest BCUT2D eigenvalue weighted by Crippen LogP contribution is 2.44. The van der Waals surface area contributed by atoms with Gasteiger partial charge in [0.1, 0.15) is 11.7 Å². The van der Waals surface area contributed by atoms with Gasteiger partial charge >= 0.3 is 0 Å². The van der Waals surface area contributed by atoms with Crippen molar-refractivity contribution in [1.29, 1.82) is 0 Å². The number of nitrogens with two attached hydrogens (primary N) is 2. The first-order chi connectivity index (χ1) is 18.4. The number of hydrogen-bond acceptors (Lipinski definition) is 4. The molecule has 1 aliphatic carbocycles. The van der Waals surface area contributed by atoms with Crippen LogP contribution < -0.4 is 11.5 Å². The molecule has 1 atom stereocenters. The Kier molecular flexibility index (Phi) is 7.88. The molecular formula is C31H36FN5O2. The average Bonchev–Trinajstić information content (AvgIpc) is 3.03. The summed E-state index contributed by atoms with van der Waals surface area (Å²) in [5.74, 6) is -0.235. The molecular weight excluding hydrogens is 493 g/mol. The highest BCUT2D eigenvalue weighted by atomic mass is 19.1. The van der Waals surface area contributed by atoms with Crippen LogP contribution >= 0.6 is 0 Å². The number of aliphatic imine (C=N–C) groups is 1. The van der Waals surface area contributed by atoms with Gasteiger partial charge in [-0.3, -0.25) is 9.59 Å². The van der Waals surface area contributed by atoms with Crippen molar-refractivity contribution >= 4 is 23.3 Å². The molecule has 7 nitrogen and oxygen atoms in total. The molecule has 204 valence electrons. The molecule has 0 radical (unpaired) electrons. The molecule has 39 heavy (non-hydrogen) atoms. The maximum Gasteiger partial charge on any atom is 0.253 e. The predicted octanol–water partition coefficient (Wildman–Crippen LogP) is 4.04. The Labute approximate surface area is 229 Å². The van der Waals surface area contributed by atoms with Crippen LogP contribution in [0.25, 0.3) is 0 Å². The van der Waals surface area contributed by atoms with E-state index in [4.69, 9.17) is 16.5 Å². The largest absolute Gasteiger partial charge is 0.386 e. The number of carbonyl (C=O) groups excluding carboxylic acids is 2. The van der Waals surface area contributed by atoms with Gasteiger partial charge in [0.15, 0.2) is 0 Å². The summed E-state index contributed by atoms with van der Waals surface area (Å²) in [7, 11) is 6.89. The Balaban J connectivity index is 2.03. The summed E-state index contributed by atoms with van der Waals surface area (Å²) in [6, 6.07) is 17.0. The lowest BCUT2D eigenvalue weighted by Gasteiger charge is -2.38. The number of benzene rings is 3. The number of carbonyl (C=O) groups is 2. The van der Waals surface area contributed by atoms with Crippen molar-refractivity contribution < 1.29 is 14.0 Å². The van der Waals surface area contributed by atoms with Crippen molar-refractivity contribution in [3.63, 3.8) is 0 Å². The van der Waals surface area contributed by atoms with Crippen LogP contribution in [0.4, 0.5) is 10.1 Å². The second-order valence-corrected chi connectivity index (χ2v) is 10.7. The van der Waals surface area contributed by atoms with Crippen molar-refractivity contribution in [2.45, 2.75) is 37.6 Å². The predicted molar refractivity (Wildman–Crippen MR) is 153 cm³/mol. The number of halogens is 1. The minimum atomic E-state index is -0.941. The van der Waals surface area contributed by atoms with Gasteiger partial charge in [0.05, 0.1) is 11.1 Å². The van der Waals surface area contributed by atoms with Gasteiger partial charge in [0, 0.05) is 45.4 Å². The molecule has 8 heteroatoms. The molecule has 4 rings (SSSR count). The lowest BCUT2D eigenvalue weighted by molar-refractivity contribution is 0.0820. The van der Waals surface area contributed by atoms with Crippen molar-refractivity contribution in [2.75, 3.05) is 28.2 Å². The normalized spacial score (nSPS) is 15.0. The number of aryl methyl sites for hydroxylation is 2. The number of nitrogens with zero attached hydrogens (tertiary/aromatic N) is 3. The van der Waals surface area contributed by atoms with E-state index in [1.54, 1.807) is 50.1 Å². The van der Waals surface area contributed by atoms with E-state index < -0.39 is 5.41 Å². The van der Waals surface area contributed by atoms with Crippen LogP contribution in [0, 0.1) is 5.82 Å². The molecule has 0 heterocycles. The smallest absolute Gasteiger partial charge is 0.253 e. The summed E-state index contributed by atoms with van der Waals surface area (Å²) in [6.07, 6.45) is 1.72. The lowest BCUT2D eigenvalue weighted by atomic mass is 9.67. The van der Waals surface area contributed by atoms with E-state index in [1.165, 1.54) is 12.1 Å². The van der Waals surface area contributed by atoms with Crippen molar-refractivity contribution in [2.24, 2.45) is 16.5 Å². The van der Waals surface area contributed by atoms with Crippen LogP contribution in [0.2, 0.25) is 0 Å². The zero-order valence-electron chi connectivity index (χ0n) is 23.2. The fraction of sp³-hybridized carbons (Fsp3) is 0.323. The van der Waals surface area contributed by atoms with Gasteiger partial charge < -0.3 is 21.3 Å². The molecule has 3 aromatic rings. The molecule has 0 bridgehead atoms.